The molecule has 1 aliphatic rings. The first-order valence-electron chi connectivity index (χ1n) is 7.14. The fourth-order valence-electron chi connectivity index (χ4n) is 2.10. The minimum atomic E-state index is -0.107. The Kier molecular flexibility index (Phi) is 6.12. The number of rotatable bonds is 5. The van der Waals surface area contributed by atoms with Gasteiger partial charge in [0.1, 0.15) is 6.10 Å². The topological polar surface area (TPSA) is 76.7 Å². The summed E-state index contributed by atoms with van der Waals surface area (Å²) in [5.74, 6) is 0.320. The minimum Gasteiger partial charge on any atom is -0.462 e. The Hall–Kier alpha value is -1.26. The van der Waals surface area contributed by atoms with Crippen molar-refractivity contribution in [3.05, 3.63) is 0 Å². The SMILES string of the molecule is CC(C)(C)NC(N)=NCCCC(=O)OC1CCCC1. The monoisotopic (exact) mass is 269 g/mol. The number of carbonyl (C=O) groups excluding carboxylic acids is 1. The molecule has 0 aromatic carbocycles. The molecule has 1 rings (SSSR count). The van der Waals surface area contributed by atoms with Crippen LogP contribution in [0.1, 0.15) is 59.3 Å². The molecule has 0 aromatic heterocycles. The first kappa shape index (κ1) is 15.8. The number of nitrogens with one attached hydrogen (secondary N) is 1. The molecule has 3 N–H and O–H groups in total. The van der Waals surface area contributed by atoms with Crippen LogP contribution >= 0.6 is 0 Å². The molecular weight excluding hydrogens is 242 g/mol. The van der Waals surface area contributed by atoms with Gasteiger partial charge in [-0.1, -0.05) is 0 Å². The molecule has 0 amide bonds. The van der Waals surface area contributed by atoms with Crippen molar-refractivity contribution in [3.63, 3.8) is 0 Å². The number of hydrogen-bond acceptors (Lipinski definition) is 3. The number of carbonyl (C=O) groups is 1. The second-order valence-electron chi connectivity index (χ2n) is 6.14. The molecule has 0 aliphatic heterocycles. The Labute approximate surface area is 116 Å². The number of nitrogens with zero attached hydrogens (tertiary/aromatic N) is 1. The number of aliphatic imine (C=N–C) groups is 1. The van der Waals surface area contributed by atoms with E-state index in [0.717, 1.165) is 12.8 Å². The lowest BCUT2D eigenvalue weighted by atomic mass is 10.1. The van der Waals surface area contributed by atoms with Crippen LogP contribution in [0.15, 0.2) is 4.99 Å². The third kappa shape index (κ3) is 7.70. The van der Waals surface area contributed by atoms with E-state index in [9.17, 15) is 4.79 Å². The molecule has 0 radical (unpaired) electrons. The maximum absolute atomic E-state index is 11.6. The van der Waals surface area contributed by atoms with Crippen LogP contribution in [0.25, 0.3) is 0 Å². The van der Waals surface area contributed by atoms with Gasteiger partial charge in [0.25, 0.3) is 0 Å². The van der Waals surface area contributed by atoms with Crippen LogP contribution in [0.2, 0.25) is 0 Å². The predicted molar refractivity (Wildman–Crippen MR) is 77.0 cm³/mol. The molecule has 110 valence electrons. The number of esters is 1. The molecule has 0 aromatic rings. The molecular formula is C14H27N3O2. The molecule has 5 nitrogen and oxygen atoms in total. The summed E-state index contributed by atoms with van der Waals surface area (Å²) >= 11 is 0. The molecule has 5 heteroatoms. The lowest BCUT2D eigenvalue weighted by Crippen LogP contribution is -2.45. The molecule has 0 bridgehead atoms. The van der Waals surface area contributed by atoms with Gasteiger partial charge >= 0.3 is 5.97 Å². The highest BCUT2D eigenvalue weighted by molar-refractivity contribution is 5.78. The highest BCUT2D eigenvalue weighted by atomic mass is 16.5. The zero-order chi connectivity index (χ0) is 14.3. The molecule has 0 spiro atoms. The van der Waals surface area contributed by atoms with Gasteiger partial charge in [0.2, 0.25) is 0 Å². The predicted octanol–water partition coefficient (Wildman–Crippen LogP) is 1.96. The summed E-state index contributed by atoms with van der Waals surface area (Å²) in [6.07, 6.45) is 5.65. The van der Waals surface area contributed by atoms with E-state index in [1.54, 1.807) is 0 Å². The van der Waals surface area contributed by atoms with Gasteiger partial charge in [-0.25, -0.2) is 0 Å². The van der Waals surface area contributed by atoms with Gasteiger partial charge in [-0.3, -0.25) is 9.79 Å². The summed E-state index contributed by atoms with van der Waals surface area (Å²) in [4.78, 5) is 15.7. The van der Waals surface area contributed by atoms with E-state index in [2.05, 4.69) is 10.3 Å². The minimum absolute atomic E-state index is 0.0883. The van der Waals surface area contributed by atoms with Gasteiger partial charge in [0, 0.05) is 18.5 Å². The summed E-state index contributed by atoms with van der Waals surface area (Å²) in [5.41, 5.74) is 5.64. The summed E-state index contributed by atoms with van der Waals surface area (Å²) in [6, 6.07) is 0. The highest BCUT2D eigenvalue weighted by Crippen LogP contribution is 2.21. The van der Waals surface area contributed by atoms with Crippen LogP contribution in [0.5, 0.6) is 0 Å². The first-order valence-corrected chi connectivity index (χ1v) is 7.14. The van der Waals surface area contributed by atoms with Crippen molar-refractivity contribution in [2.75, 3.05) is 6.54 Å². The zero-order valence-electron chi connectivity index (χ0n) is 12.4. The van der Waals surface area contributed by atoms with Crippen LogP contribution in [0.4, 0.5) is 0 Å². The molecule has 1 saturated carbocycles. The molecule has 19 heavy (non-hydrogen) atoms. The van der Waals surface area contributed by atoms with Crippen LogP contribution in [0.3, 0.4) is 0 Å². The second kappa shape index (κ2) is 7.36. The second-order valence-corrected chi connectivity index (χ2v) is 6.14. The molecule has 1 aliphatic carbocycles. The third-order valence-electron chi connectivity index (χ3n) is 2.92. The fraction of sp³-hybridized carbons (Fsp3) is 0.857. The van der Waals surface area contributed by atoms with Crippen molar-refractivity contribution < 1.29 is 9.53 Å². The van der Waals surface area contributed by atoms with E-state index >= 15 is 0 Å². The fourth-order valence-corrected chi connectivity index (χ4v) is 2.10. The largest absolute Gasteiger partial charge is 0.462 e. The number of hydrogen-bond donors (Lipinski definition) is 2. The maximum Gasteiger partial charge on any atom is 0.306 e. The van der Waals surface area contributed by atoms with Crippen LogP contribution in [-0.2, 0) is 9.53 Å². The van der Waals surface area contributed by atoms with Crippen molar-refractivity contribution in [1.82, 2.24) is 5.32 Å². The van der Waals surface area contributed by atoms with E-state index in [1.807, 2.05) is 20.8 Å². The van der Waals surface area contributed by atoms with Gasteiger partial charge in [-0.2, -0.15) is 0 Å². The van der Waals surface area contributed by atoms with E-state index in [-0.39, 0.29) is 17.6 Å². The Balaban J connectivity index is 2.12. The normalized spacial score (nSPS) is 17.5. The number of ether oxygens (including phenoxy) is 1. The van der Waals surface area contributed by atoms with Crippen LogP contribution in [-0.4, -0.2) is 30.1 Å². The first-order chi connectivity index (χ1) is 8.87. The smallest absolute Gasteiger partial charge is 0.306 e. The molecule has 0 heterocycles. The van der Waals surface area contributed by atoms with Crippen molar-refractivity contribution in [2.45, 2.75) is 70.9 Å². The van der Waals surface area contributed by atoms with Gasteiger partial charge in [0.15, 0.2) is 5.96 Å². The third-order valence-corrected chi connectivity index (χ3v) is 2.92. The zero-order valence-corrected chi connectivity index (χ0v) is 12.4. The lowest BCUT2D eigenvalue weighted by molar-refractivity contribution is -0.148. The van der Waals surface area contributed by atoms with E-state index in [4.69, 9.17) is 10.5 Å². The van der Waals surface area contributed by atoms with Gasteiger partial charge in [-0.05, 0) is 52.9 Å². The van der Waals surface area contributed by atoms with Crippen molar-refractivity contribution >= 4 is 11.9 Å². The Morgan fingerprint density at radius 3 is 2.58 bits per heavy atom. The van der Waals surface area contributed by atoms with Crippen molar-refractivity contribution in [2.24, 2.45) is 10.7 Å². The van der Waals surface area contributed by atoms with Crippen LogP contribution < -0.4 is 11.1 Å². The summed E-state index contributed by atoms with van der Waals surface area (Å²) < 4.78 is 5.36. The maximum atomic E-state index is 11.6. The molecule has 0 atom stereocenters. The Morgan fingerprint density at radius 2 is 2.00 bits per heavy atom. The van der Waals surface area contributed by atoms with Gasteiger partial charge in [0.05, 0.1) is 0 Å². The van der Waals surface area contributed by atoms with Gasteiger partial charge < -0.3 is 15.8 Å². The number of guanidine groups is 1. The molecule has 0 saturated heterocycles. The quantitative estimate of drug-likeness (QED) is 0.346. The van der Waals surface area contributed by atoms with E-state index in [0.29, 0.717) is 25.3 Å². The lowest BCUT2D eigenvalue weighted by Gasteiger charge is -2.20. The standard InChI is InChI=1S/C14H27N3O2/c1-14(2,3)17-13(15)16-10-6-9-12(18)19-11-7-4-5-8-11/h11H,4-10H2,1-3H3,(H3,15,16,17). The summed E-state index contributed by atoms with van der Waals surface area (Å²) in [5, 5.41) is 3.08. The average Bonchev–Trinajstić information content (AvgIpc) is 2.74. The Morgan fingerprint density at radius 1 is 1.37 bits per heavy atom. The number of nitrogens with two attached hydrogens (primary N) is 1. The molecule has 1 fully saturated rings. The highest BCUT2D eigenvalue weighted by Gasteiger charge is 2.18. The summed E-state index contributed by atoms with van der Waals surface area (Å²) in [7, 11) is 0. The van der Waals surface area contributed by atoms with Gasteiger partial charge in [-0.15, -0.1) is 0 Å². The van der Waals surface area contributed by atoms with E-state index < -0.39 is 0 Å². The van der Waals surface area contributed by atoms with Crippen LogP contribution in [0, 0.1) is 0 Å². The molecule has 0 unspecified atom stereocenters. The summed E-state index contributed by atoms with van der Waals surface area (Å²) in [6.45, 7) is 6.62. The average molecular weight is 269 g/mol. The van der Waals surface area contributed by atoms with E-state index in [1.165, 1.54) is 12.8 Å². The Bertz CT molecular complexity index is 315. The van der Waals surface area contributed by atoms with Crippen molar-refractivity contribution in [1.29, 1.82) is 0 Å². The van der Waals surface area contributed by atoms with Crippen molar-refractivity contribution in [3.8, 4) is 0 Å².